The number of methoxy groups -OCH3 is 1. The van der Waals surface area contributed by atoms with Crippen molar-refractivity contribution in [1.82, 2.24) is 0 Å². The predicted molar refractivity (Wildman–Crippen MR) is 109 cm³/mol. The van der Waals surface area contributed by atoms with E-state index in [-0.39, 0.29) is 5.75 Å². The van der Waals surface area contributed by atoms with Gasteiger partial charge in [0, 0.05) is 5.75 Å². The second-order valence-corrected chi connectivity index (χ2v) is 7.29. The van der Waals surface area contributed by atoms with Gasteiger partial charge in [0.15, 0.2) is 6.10 Å². The molecule has 0 radical (unpaired) electrons. The van der Waals surface area contributed by atoms with Crippen molar-refractivity contribution in [3.8, 4) is 5.75 Å². The van der Waals surface area contributed by atoms with E-state index in [0.29, 0.717) is 11.4 Å². The molecule has 0 unspecified atom stereocenters. The van der Waals surface area contributed by atoms with Gasteiger partial charge in [-0.3, -0.25) is 9.59 Å². The van der Waals surface area contributed by atoms with Gasteiger partial charge in [0.25, 0.3) is 5.91 Å². The summed E-state index contributed by atoms with van der Waals surface area (Å²) in [7, 11) is 1.54. The normalized spacial score (nSPS) is 11.6. The number of nitrogens with one attached hydrogen (secondary N) is 1. The fourth-order valence-electron chi connectivity index (χ4n) is 2.38. The summed E-state index contributed by atoms with van der Waals surface area (Å²) < 4.78 is 10.5. The molecule has 0 saturated heterocycles. The van der Waals surface area contributed by atoms with Crippen molar-refractivity contribution >= 4 is 29.3 Å². The third-order valence-corrected chi connectivity index (χ3v) is 4.88. The zero-order chi connectivity index (χ0) is 19.8. The number of amides is 1. The minimum absolute atomic E-state index is 0.194. The van der Waals surface area contributed by atoms with Crippen LogP contribution < -0.4 is 10.1 Å². The van der Waals surface area contributed by atoms with Crippen LogP contribution in [0, 0.1) is 13.8 Å². The molecule has 0 bridgehead atoms. The number of thioether (sulfide) groups is 1. The first kappa shape index (κ1) is 20.8. The van der Waals surface area contributed by atoms with Gasteiger partial charge in [0.05, 0.1) is 18.6 Å². The number of hydrogen-bond donors (Lipinski definition) is 1. The van der Waals surface area contributed by atoms with Crippen molar-refractivity contribution in [3.63, 3.8) is 0 Å². The number of benzene rings is 2. The maximum atomic E-state index is 12.3. The Morgan fingerprint density at radius 1 is 1.07 bits per heavy atom. The number of carbonyl (C=O) groups is 2. The molecular weight excluding hydrogens is 362 g/mol. The van der Waals surface area contributed by atoms with Crippen molar-refractivity contribution in [2.24, 2.45) is 0 Å². The summed E-state index contributed by atoms with van der Waals surface area (Å²) in [5.41, 5.74) is 3.89. The number of aryl methyl sites for hydroxylation is 2. The first-order valence-corrected chi connectivity index (χ1v) is 9.83. The highest BCUT2D eigenvalue weighted by Gasteiger charge is 2.19. The maximum Gasteiger partial charge on any atom is 0.316 e. The highest BCUT2D eigenvalue weighted by molar-refractivity contribution is 7.99. The molecule has 144 valence electrons. The molecule has 0 fully saturated rings. The Bertz CT molecular complexity index is 789. The van der Waals surface area contributed by atoms with Gasteiger partial charge < -0.3 is 14.8 Å². The van der Waals surface area contributed by atoms with E-state index in [9.17, 15) is 9.59 Å². The summed E-state index contributed by atoms with van der Waals surface area (Å²) in [5.74, 6) is 0.665. The molecule has 0 spiro atoms. The van der Waals surface area contributed by atoms with E-state index in [0.717, 1.165) is 16.9 Å². The maximum absolute atomic E-state index is 12.3. The predicted octanol–water partition coefficient (Wildman–Crippen LogP) is 4.12. The smallest absolute Gasteiger partial charge is 0.316 e. The molecule has 1 N–H and O–H groups in total. The standard InChI is InChI=1S/C21H25NO4S/c1-14-5-8-17(9-6-14)12-27-13-20(23)26-16(3)21(24)22-18-11-15(2)7-10-19(18)25-4/h5-11,16H,12-13H2,1-4H3,(H,22,24)/t16-/m1/s1. The van der Waals surface area contributed by atoms with E-state index in [4.69, 9.17) is 9.47 Å². The average molecular weight is 388 g/mol. The van der Waals surface area contributed by atoms with Crippen LogP contribution in [0.3, 0.4) is 0 Å². The molecule has 2 rings (SSSR count). The molecule has 2 aromatic rings. The van der Waals surface area contributed by atoms with E-state index in [1.54, 1.807) is 13.0 Å². The van der Waals surface area contributed by atoms with Crippen molar-refractivity contribution in [1.29, 1.82) is 0 Å². The van der Waals surface area contributed by atoms with Crippen LogP contribution in [0.2, 0.25) is 0 Å². The highest BCUT2D eigenvalue weighted by atomic mass is 32.2. The van der Waals surface area contributed by atoms with Crippen molar-refractivity contribution < 1.29 is 19.1 Å². The highest BCUT2D eigenvalue weighted by Crippen LogP contribution is 2.25. The first-order valence-electron chi connectivity index (χ1n) is 8.67. The number of esters is 1. The molecule has 2 aromatic carbocycles. The largest absolute Gasteiger partial charge is 0.495 e. The lowest BCUT2D eigenvalue weighted by Crippen LogP contribution is -2.30. The zero-order valence-electron chi connectivity index (χ0n) is 16.1. The number of carbonyl (C=O) groups excluding carboxylic acids is 2. The van der Waals surface area contributed by atoms with Gasteiger partial charge in [0.2, 0.25) is 0 Å². The van der Waals surface area contributed by atoms with Crippen LogP contribution in [0.25, 0.3) is 0 Å². The number of ether oxygens (including phenoxy) is 2. The molecule has 27 heavy (non-hydrogen) atoms. The molecule has 1 atom stereocenters. The van der Waals surface area contributed by atoms with Gasteiger partial charge >= 0.3 is 5.97 Å². The molecule has 0 aliphatic carbocycles. The fraction of sp³-hybridized carbons (Fsp3) is 0.333. The van der Waals surface area contributed by atoms with E-state index >= 15 is 0 Å². The van der Waals surface area contributed by atoms with Crippen LogP contribution in [-0.4, -0.2) is 30.8 Å². The van der Waals surface area contributed by atoms with Crippen molar-refractivity contribution in [2.45, 2.75) is 32.6 Å². The number of rotatable bonds is 8. The third kappa shape index (κ3) is 6.64. The first-order chi connectivity index (χ1) is 12.9. The van der Waals surface area contributed by atoms with Crippen LogP contribution in [0.1, 0.15) is 23.6 Å². The SMILES string of the molecule is COc1ccc(C)cc1NC(=O)[C@@H](C)OC(=O)CSCc1ccc(C)cc1. The molecule has 0 aromatic heterocycles. The topological polar surface area (TPSA) is 64.6 Å². The molecule has 0 aliphatic heterocycles. The van der Waals surface area contributed by atoms with Crippen LogP contribution in [0.15, 0.2) is 42.5 Å². The molecule has 1 amide bonds. The Hall–Kier alpha value is -2.47. The monoisotopic (exact) mass is 387 g/mol. The zero-order valence-corrected chi connectivity index (χ0v) is 16.9. The summed E-state index contributed by atoms with van der Waals surface area (Å²) in [6.45, 7) is 5.51. The van der Waals surface area contributed by atoms with Crippen LogP contribution in [0.5, 0.6) is 5.75 Å². The molecule has 5 nitrogen and oxygen atoms in total. The van der Waals surface area contributed by atoms with Gasteiger partial charge in [-0.2, -0.15) is 0 Å². The van der Waals surface area contributed by atoms with E-state index < -0.39 is 18.0 Å². The lowest BCUT2D eigenvalue weighted by atomic mass is 10.2. The number of anilines is 1. The van der Waals surface area contributed by atoms with Crippen molar-refractivity contribution in [3.05, 3.63) is 59.2 Å². The average Bonchev–Trinajstić information content (AvgIpc) is 2.63. The Balaban J connectivity index is 1.80. The van der Waals surface area contributed by atoms with Crippen molar-refractivity contribution in [2.75, 3.05) is 18.2 Å². The number of hydrogen-bond acceptors (Lipinski definition) is 5. The Morgan fingerprint density at radius 2 is 1.74 bits per heavy atom. The van der Waals surface area contributed by atoms with Crippen LogP contribution >= 0.6 is 11.8 Å². The lowest BCUT2D eigenvalue weighted by Gasteiger charge is -2.15. The van der Waals surface area contributed by atoms with E-state index in [1.165, 1.54) is 24.4 Å². The van der Waals surface area contributed by atoms with Crippen LogP contribution in [-0.2, 0) is 20.1 Å². The quantitative estimate of drug-likeness (QED) is 0.691. The second-order valence-electron chi connectivity index (χ2n) is 6.30. The molecule has 0 saturated carbocycles. The summed E-state index contributed by atoms with van der Waals surface area (Å²) in [5, 5.41) is 2.75. The molecule has 6 heteroatoms. The molecule has 0 heterocycles. The summed E-state index contributed by atoms with van der Waals surface area (Å²) in [6, 6.07) is 13.6. The lowest BCUT2D eigenvalue weighted by molar-refractivity contribution is -0.150. The summed E-state index contributed by atoms with van der Waals surface area (Å²) in [6.07, 6.45) is -0.886. The summed E-state index contributed by atoms with van der Waals surface area (Å²) >= 11 is 1.46. The Morgan fingerprint density at radius 3 is 2.41 bits per heavy atom. The van der Waals surface area contributed by atoms with Gasteiger partial charge in [-0.05, 0) is 44.0 Å². The Labute approximate surface area is 164 Å². The van der Waals surface area contributed by atoms with Gasteiger partial charge in [-0.15, -0.1) is 11.8 Å². The van der Waals surface area contributed by atoms with E-state index in [1.807, 2.05) is 50.2 Å². The summed E-state index contributed by atoms with van der Waals surface area (Å²) in [4.78, 5) is 24.3. The van der Waals surface area contributed by atoms with Gasteiger partial charge in [-0.1, -0.05) is 35.9 Å². The molecule has 0 aliphatic rings. The van der Waals surface area contributed by atoms with Crippen LogP contribution in [0.4, 0.5) is 5.69 Å². The minimum atomic E-state index is -0.886. The fourth-order valence-corrected chi connectivity index (χ4v) is 3.14. The van der Waals surface area contributed by atoms with E-state index in [2.05, 4.69) is 5.32 Å². The Kier molecular flexibility index (Phi) is 7.73. The van der Waals surface area contributed by atoms with Gasteiger partial charge in [0.1, 0.15) is 5.75 Å². The second kappa shape index (κ2) is 10.0. The van der Waals surface area contributed by atoms with Gasteiger partial charge in [-0.25, -0.2) is 0 Å². The molecular formula is C21H25NO4S. The minimum Gasteiger partial charge on any atom is -0.495 e. The third-order valence-electron chi connectivity index (χ3n) is 3.90.